The van der Waals surface area contributed by atoms with Crippen LogP contribution < -0.4 is 0 Å². The minimum atomic E-state index is -0.853. The third kappa shape index (κ3) is 3.81. The van der Waals surface area contributed by atoms with Crippen molar-refractivity contribution in [3.63, 3.8) is 0 Å². The zero-order valence-corrected chi connectivity index (χ0v) is 13.3. The van der Waals surface area contributed by atoms with E-state index in [1.807, 2.05) is 42.5 Å². The lowest BCUT2D eigenvalue weighted by Crippen LogP contribution is -2.15. The van der Waals surface area contributed by atoms with Crippen LogP contribution in [0.1, 0.15) is 28.3 Å². The highest BCUT2D eigenvalue weighted by molar-refractivity contribution is 9.10. The van der Waals surface area contributed by atoms with Crippen LogP contribution in [-0.4, -0.2) is 5.78 Å². The zero-order chi connectivity index (χ0) is 15.9. The van der Waals surface area contributed by atoms with Crippen LogP contribution in [0.5, 0.6) is 0 Å². The molecule has 2 aromatic carbocycles. The largest absolute Gasteiger partial charge is 0.294 e. The van der Waals surface area contributed by atoms with Gasteiger partial charge in [0.05, 0.1) is 12.1 Å². The molecule has 0 unspecified atom stereocenters. The van der Waals surface area contributed by atoms with E-state index in [1.165, 1.54) is 0 Å². The fourth-order valence-corrected chi connectivity index (χ4v) is 2.55. The van der Waals surface area contributed by atoms with Crippen molar-refractivity contribution in [1.29, 1.82) is 10.5 Å². The molecule has 0 saturated carbocycles. The summed E-state index contributed by atoms with van der Waals surface area (Å²) in [6.45, 7) is 0. The van der Waals surface area contributed by atoms with Crippen molar-refractivity contribution in [2.45, 2.75) is 12.3 Å². The number of benzene rings is 2. The molecule has 1 atom stereocenters. The van der Waals surface area contributed by atoms with Crippen LogP contribution >= 0.6 is 15.9 Å². The summed E-state index contributed by atoms with van der Waals surface area (Å²) >= 11 is 3.36. The minimum Gasteiger partial charge on any atom is -0.294 e. The smallest absolute Gasteiger partial charge is 0.163 e. The first-order valence-corrected chi connectivity index (χ1v) is 7.58. The monoisotopic (exact) mass is 352 g/mol. The van der Waals surface area contributed by atoms with Gasteiger partial charge in [-0.05, 0) is 17.7 Å². The van der Waals surface area contributed by atoms with E-state index in [2.05, 4.69) is 15.9 Å². The number of ketones is 1. The van der Waals surface area contributed by atoms with Gasteiger partial charge in [0.2, 0.25) is 0 Å². The Kier molecular flexibility index (Phi) is 5.47. The van der Waals surface area contributed by atoms with Gasteiger partial charge in [-0.1, -0.05) is 58.4 Å². The molecule has 2 aromatic rings. The lowest BCUT2D eigenvalue weighted by atomic mass is 9.83. The number of nitrogens with zero attached hydrogens (tertiary/aromatic N) is 2. The SMILES string of the molecule is N#CC(C#N)[C@H](CC(=O)c1ccccc1)c1ccc(Br)cc1. The van der Waals surface area contributed by atoms with Gasteiger partial charge in [-0.3, -0.25) is 4.79 Å². The third-order valence-electron chi connectivity index (χ3n) is 3.48. The van der Waals surface area contributed by atoms with Crippen LogP contribution in [0.4, 0.5) is 0 Å². The molecular formula is C18H13BrN2O. The van der Waals surface area contributed by atoms with E-state index in [0.29, 0.717) is 5.56 Å². The van der Waals surface area contributed by atoms with Gasteiger partial charge >= 0.3 is 0 Å². The summed E-state index contributed by atoms with van der Waals surface area (Å²) < 4.78 is 0.912. The van der Waals surface area contributed by atoms with Gasteiger partial charge in [-0.2, -0.15) is 10.5 Å². The van der Waals surface area contributed by atoms with E-state index in [9.17, 15) is 15.3 Å². The predicted molar refractivity (Wildman–Crippen MR) is 87.0 cm³/mol. The number of halogens is 1. The van der Waals surface area contributed by atoms with Crippen LogP contribution in [0.25, 0.3) is 0 Å². The molecule has 0 aliphatic carbocycles. The Hall–Kier alpha value is -2.43. The molecule has 0 heterocycles. The lowest BCUT2D eigenvalue weighted by molar-refractivity contribution is 0.0971. The highest BCUT2D eigenvalue weighted by Gasteiger charge is 2.26. The van der Waals surface area contributed by atoms with Crippen molar-refractivity contribution in [3.8, 4) is 12.1 Å². The molecule has 0 aliphatic rings. The Bertz CT molecular complexity index is 712. The second kappa shape index (κ2) is 7.54. The normalized spacial score (nSPS) is 11.5. The Labute approximate surface area is 137 Å². The highest BCUT2D eigenvalue weighted by Crippen LogP contribution is 2.30. The van der Waals surface area contributed by atoms with E-state index in [4.69, 9.17) is 0 Å². The van der Waals surface area contributed by atoms with Crippen LogP contribution in [0.2, 0.25) is 0 Å². The number of rotatable bonds is 5. The topological polar surface area (TPSA) is 64.7 Å². The quantitative estimate of drug-likeness (QED) is 0.745. The summed E-state index contributed by atoms with van der Waals surface area (Å²) in [6.07, 6.45) is 0.136. The predicted octanol–water partition coefficient (Wildman–Crippen LogP) is 4.47. The maximum Gasteiger partial charge on any atom is 0.163 e. The van der Waals surface area contributed by atoms with E-state index in [1.54, 1.807) is 24.3 Å². The molecule has 0 radical (unpaired) electrons. The Morgan fingerprint density at radius 2 is 1.59 bits per heavy atom. The fraction of sp³-hybridized carbons (Fsp3) is 0.167. The molecule has 0 aliphatic heterocycles. The van der Waals surface area contributed by atoms with Crippen molar-refractivity contribution in [1.82, 2.24) is 0 Å². The Morgan fingerprint density at radius 1 is 1.00 bits per heavy atom. The second-order valence-electron chi connectivity index (χ2n) is 4.89. The van der Waals surface area contributed by atoms with Gasteiger partial charge in [0.15, 0.2) is 5.78 Å². The van der Waals surface area contributed by atoms with Gasteiger partial charge in [-0.25, -0.2) is 0 Å². The molecule has 0 amide bonds. The molecule has 0 bridgehead atoms. The third-order valence-corrected chi connectivity index (χ3v) is 4.01. The number of hydrogen-bond acceptors (Lipinski definition) is 3. The maximum absolute atomic E-state index is 12.4. The summed E-state index contributed by atoms with van der Waals surface area (Å²) in [4.78, 5) is 12.4. The molecule has 4 heteroatoms. The van der Waals surface area contributed by atoms with Gasteiger partial charge in [0, 0.05) is 22.4 Å². The fourth-order valence-electron chi connectivity index (χ4n) is 2.29. The molecule has 0 fully saturated rings. The van der Waals surface area contributed by atoms with Gasteiger partial charge in [0.25, 0.3) is 0 Å². The number of nitriles is 2. The van der Waals surface area contributed by atoms with E-state index >= 15 is 0 Å². The van der Waals surface area contributed by atoms with Crippen molar-refractivity contribution in [2.75, 3.05) is 0 Å². The summed E-state index contributed by atoms with van der Waals surface area (Å²) in [7, 11) is 0. The van der Waals surface area contributed by atoms with Gasteiger partial charge in [0.1, 0.15) is 5.92 Å². The van der Waals surface area contributed by atoms with Gasteiger partial charge in [-0.15, -0.1) is 0 Å². The van der Waals surface area contributed by atoms with Crippen LogP contribution in [0, 0.1) is 28.6 Å². The minimum absolute atomic E-state index is 0.0657. The molecule has 3 nitrogen and oxygen atoms in total. The number of carbonyl (C=O) groups excluding carboxylic acids is 1. The molecular weight excluding hydrogens is 340 g/mol. The van der Waals surface area contributed by atoms with Crippen molar-refractivity contribution < 1.29 is 4.79 Å². The van der Waals surface area contributed by atoms with Crippen molar-refractivity contribution in [3.05, 3.63) is 70.2 Å². The lowest BCUT2D eigenvalue weighted by Gasteiger charge is -2.17. The van der Waals surface area contributed by atoms with Crippen molar-refractivity contribution >= 4 is 21.7 Å². The van der Waals surface area contributed by atoms with E-state index in [0.717, 1.165) is 10.0 Å². The molecule has 108 valence electrons. The number of carbonyl (C=O) groups is 1. The molecule has 0 N–H and O–H groups in total. The van der Waals surface area contributed by atoms with E-state index in [-0.39, 0.29) is 12.2 Å². The molecule has 22 heavy (non-hydrogen) atoms. The average Bonchev–Trinajstić information content (AvgIpc) is 2.56. The highest BCUT2D eigenvalue weighted by atomic mass is 79.9. The summed E-state index contributed by atoms with van der Waals surface area (Å²) in [6, 6.07) is 20.3. The first-order valence-electron chi connectivity index (χ1n) is 6.78. The molecule has 0 aromatic heterocycles. The molecule has 0 saturated heterocycles. The number of Topliss-reactive ketones (excluding diaryl/α,β-unsaturated/α-hetero) is 1. The van der Waals surface area contributed by atoms with Crippen molar-refractivity contribution in [2.24, 2.45) is 5.92 Å². The average molecular weight is 353 g/mol. The summed E-state index contributed by atoms with van der Waals surface area (Å²) in [5.41, 5.74) is 1.42. The molecule has 2 rings (SSSR count). The Balaban J connectivity index is 2.30. The standard InChI is InChI=1S/C18H13BrN2O/c19-16-8-6-13(7-9-16)17(15(11-20)12-21)10-18(22)14-4-2-1-3-5-14/h1-9,15,17H,10H2/t17-/m1/s1. The first kappa shape index (κ1) is 15.9. The summed E-state index contributed by atoms with van der Waals surface area (Å²) in [5.74, 6) is -1.35. The first-order chi connectivity index (χ1) is 10.7. The summed E-state index contributed by atoms with van der Waals surface area (Å²) in [5, 5.41) is 18.4. The van der Waals surface area contributed by atoms with Gasteiger partial charge < -0.3 is 0 Å². The Morgan fingerprint density at radius 3 is 2.14 bits per heavy atom. The van der Waals surface area contributed by atoms with Crippen LogP contribution in [0.3, 0.4) is 0 Å². The zero-order valence-electron chi connectivity index (χ0n) is 11.7. The van der Waals surface area contributed by atoms with E-state index < -0.39 is 11.8 Å². The molecule has 0 spiro atoms. The number of hydrogen-bond donors (Lipinski definition) is 0. The van der Waals surface area contributed by atoms with Crippen LogP contribution in [0.15, 0.2) is 59.1 Å². The second-order valence-corrected chi connectivity index (χ2v) is 5.80. The maximum atomic E-state index is 12.4. The van der Waals surface area contributed by atoms with Crippen LogP contribution in [-0.2, 0) is 0 Å².